The summed E-state index contributed by atoms with van der Waals surface area (Å²) in [5.74, 6) is -1.15. The van der Waals surface area contributed by atoms with E-state index in [1.807, 2.05) is 0 Å². The number of halogens is 2. The summed E-state index contributed by atoms with van der Waals surface area (Å²) < 4.78 is 11.2. The predicted molar refractivity (Wildman–Crippen MR) is 92.4 cm³/mol. The molecule has 0 radical (unpaired) electrons. The number of aliphatic hydroxyl groups is 1. The fourth-order valence-electron chi connectivity index (χ4n) is 3.63. The van der Waals surface area contributed by atoms with Gasteiger partial charge >= 0.3 is 5.97 Å². The summed E-state index contributed by atoms with van der Waals surface area (Å²) in [6.07, 6.45) is 6.57. The lowest BCUT2D eigenvalue weighted by atomic mass is 9.79. The maximum absolute atomic E-state index is 12.1. The molecule has 24 heavy (non-hydrogen) atoms. The van der Waals surface area contributed by atoms with Crippen molar-refractivity contribution in [1.82, 2.24) is 0 Å². The monoisotopic (exact) mass is 372 g/mol. The van der Waals surface area contributed by atoms with Crippen LogP contribution in [0.5, 0.6) is 0 Å². The third kappa shape index (κ3) is 4.23. The molecule has 2 aliphatic rings. The zero-order chi connectivity index (χ0) is 17.2. The first-order valence-electron chi connectivity index (χ1n) is 8.49. The van der Waals surface area contributed by atoms with Gasteiger partial charge in [0.25, 0.3) is 0 Å². The van der Waals surface area contributed by atoms with Crippen molar-refractivity contribution in [2.24, 2.45) is 5.92 Å². The highest BCUT2D eigenvalue weighted by Crippen LogP contribution is 2.40. The third-order valence-corrected chi connectivity index (χ3v) is 5.54. The van der Waals surface area contributed by atoms with Crippen molar-refractivity contribution in [1.29, 1.82) is 0 Å². The molecule has 1 aromatic carbocycles. The van der Waals surface area contributed by atoms with Crippen LogP contribution in [0.3, 0.4) is 0 Å². The average molecular weight is 373 g/mol. The van der Waals surface area contributed by atoms with E-state index >= 15 is 0 Å². The van der Waals surface area contributed by atoms with Gasteiger partial charge in [-0.15, -0.1) is 0 Å². The van der Waals surface area contributed by atoms with Gasteiger partial charge in [0, 0.05) is 17.9 Å². The molecule has 0 aromatic heterocycles. The normalized spacial score (nSPS) is 29.8. The molecular formula is C18H22Cl2O4. The Balaban J connectivity index is 1.51. The fraction of sp³-hybridized carbons (Fsp3) is 0.611. The second-order valence-corrected chi connectivity index (χ2v) is 7.54. The van der Waals surface area contributed by atoms with Crippen molar-refractivity contribution in [3.63, 3.8) is 0 Å². The van der Waals surface area contributed by atoms with Crippen molar-refractivity contribution in [3.05, 3.63) is 33.8 Å². The SMILES string of the molecule is O=C(OCC[C@@]1(O)CC[C@H]2CCCC[C@@H]2O1)c1ccc(Cl)cc1Cl. The van der Waals surface area contributed by atoms with Gasteiger partial charge in [-0.05, 0) is 43.4 Å². The molecule has 1 heterocycles. The van der Waals surface area contributed by atoms with E-state index in [1.54, 1.807) is 6.07 Å². The maximum Gasteiger partial charge on any atom is 0.339 e. The molecule has 3 rings (SSSR count). The molecule has 4 nitrogen and oxygen atoms in total. The second kappa shape index (κ2) is 7.61. The molecule has 132 valence electrons. The largest absolute Gasteiger partial charge is 0.462 e. The number of carbonyl (C=O) groups is 1. The Kier molecular flexibility index (Phi) is 5.70. The molecule has 0 spiro atoms. The van der Waals surface area contributed by atoms with E-state index in [9.17, 15) is 9.90 Å². The van der Waals surface area contributed by atoms with Crippen LogP contribution in [0.15, 0.2) is 18.2 Å². The maximum atomic E-state index is 12.1. The Morgan fingerprint density at radius 3 is 2.88 bits per heavy atom. The number of rotatable bonds is 4. The molecule has 2 fully saturated rings. The minimum absolute atomic E-state index is 0.0890. The fourth-order valence-corrected chi connectivity index (χ4v) is 4.12. The highest BCUT2D eigenvalue weighted by Gasteiger charge is 2.41. The quantitative estimate of drug-likeness (QED) is 0.784. The zero-order valence-electron chi connectivity index (χ0n) is 13.5. The van der Waals surface area contributed by atoms with E-state index in [-0.39, 0.29) is 29.7 Å². The summed E-state index contributed by atoms with van der Waals surface area (Å²) in [5.41, 5.74) is 0.268. The number of esters is 1. The first-order chi connectivity index (χ1) is 11.5. The molecule has 1 aliphatic heterocycles. The first kappa shape index (κ1) is 18.0. The van der Waals surface area contributed by atoms with Crippen molar-refractivity contribution < 1.29 is 19.4 Å². The lowest BCUT2D eigenvalue weighted by Crippen LogP contribution is -2.46. The standard InChI is InChI=1S/C18H22Cl2O4/c19-13-5-6-14(15(20)11-13)17(21)23-10-9-18(22)8-7-12-3-1-2-4-16(12)24-18/h5-6,11-12,16,22H,1-4,7-10H2/t12-,16+,18-/m1/s1. The number of hydrogen-bond acceptors (Lipinski definition) is 4. The van der Waals surface area contributed by atoms with Crippen molar-refractivity contribution >= 4 is 29.2 Å². The van der Waals surface area contributed by atoms with Gasteiger partial charge in [0.1, 0.15) is 0 Å². The van der Waals surface area contributed by atoms with Crippen LogP contribution in [0.25, 0.3) is 0 Å². The smallest absolute Gasteiger partial charge is 0.339 e. The van der Waals surface area contributed by atoms with Gasteiger partial charge in [-0.1, -0.05) is 36.0 Å². The van der Waals surface area contributed by atoms with Gasteiger partial charge < -0.3 is 14.6 Å². The van der Waals surface area contributed by atoms with Gasteiger partial charge in [0.2, 0.25) is 0 Å². The first-order valence-corrected chi connectivity index (χ1v) is 9.25. The van der Waals surface area contributed by atoms with Gasteiger partial charge in [0.05, 0.1) is 23.3 Å². The van der Waals surface area contributed by atoms with E-state index in [0.29, 0.717) is 17.4 Å². The predicted octanol–water partition coefficient (Wildman–Crippen LogP) is 4.60. The number of hydrogen-bond donors (Lipinski definition) is 1. The van der Waals surface area contributed by atoms with Gasteiger partial charge in [-0.2, -0.15) is 0 Å². The van der Waals surface area contributed by atoms with E-state index in [2.05, 4.69) is 0 Å². The van der Waals surface area contributed by atoms with Gasteiger partial charge in [0.15, 0.2) is 5.79 Å². The molecule has 1 aliphatic carbocycles. The highest BCUT2D eigenvalue weighted by atomic mass is 35.5. The minimum atomic E-state index is -1.19. The Hall–Kier alpha value is -0.810. The zero-order valence-corrected chi connectivity index (χ0v) is 15.0. The van der Waals surface area contributed by atoms with Crippen LogP contribution in [-0.2, 0) is 9.47 Å². The molecular weight excluding hydrogens is 351 g/mol. The van der Waals surface area contributed by atoms with Crippen LogP contribution in [-0.4, -0.2) is 29.6 Å². The molecule has 6 heteroatoms. The summed E-state index contributed by atoms with van der Waals surface area (Å²) >= 11 is 11.8. The van der Waals surface area contributed by atoms with Crippen LogP contribution >= 0.6 is 23.2 Å². The minimum Gasteiger partial charge on any atom is -0.462 e. The lowest BCUT2D eigenvalue weighted by molar-refractivity contribution is -0.277. The van der Waals surface area contributed by atoms with E-state index in [1.165, 1.54) is 25.0 Å². The molecule has 0 bridgehead atoms. The second-order valence-electron chi connectivity index (χ2n) is 6.70. The van der Waals surface area contributed by atoms with Gasteiger partial charge in [-0.25, -0.2) is 4.79 Å². The molecule has 1 aromatic rings. The van der Waals surface area contributed by atoms with Crippen molar-refractivity contribution in [2.75, 3.05) is 6.61 Å². The van der Waals surface area contributed by atoms with Crippen LogP contribution < -0.4 is 0 Å². The van der Waals surface area contributed by atoms with E-state index in [4.69, 9.17) is 32.7 Å². The van der Waals surface area contributed by atoms with Crippen molar-refractivity contribution in [2.45, 2.75) is 56.8 Å². The Bertz CT molecular complexity index is 607. The average Bonchev–Trinajstić information content (AvgIpc) is 2.54. The Morgan fingerprint density at radius 1 is 1.29 bits per heavy atom. The Labute approximate surface area is 152 Å². The molecule has 0 amide bonds. The van der Waals surface area contributed by atoms with Crippen LogP contribution in [0.1, 0.15) is 55.3 Å². The number of benzene rings is 1. The van der Waals surface area contributed by atoms with Gasteiger partial charge in [-0.3, -0.25) is 0 Å². The van der Waals surface area contributed by atoms with Crippen LogP contribution in [0.4, 0.5) is 0 Å². The molecule has 1 N–H and O–H groups in total. The summed E-state index contributed by atoms with van der Waals surface area (Å²) in [5, 5.41) is 11.3. The number of ether oxygens (including phenoxy) is 2. The van der Waals surface area contributed by atoms with Crippen LogP contribution in [0.2, 0.25) is 10.0 Å². The third-order valence-electron chi connectivity index (χ3n) is 4.99. The molecule has 1 saturated carbocycles. The van der Waals surface area contributed by atoms with Crippen molar-refractivity contribution in [3.8, 4) is 0 Å². The van der Waals surface area contributed by atoms with E-state index in [0.717, 1.165) is 19.3 Å². The topological polar surface area (TPSA) is 55.8 Å². The molecule has 3 atom stereocenters. The lowest BCUT2D eigenvalue weighted by Gasteiger charge is -2.44. The highest BCUT2D eigenvalue weighted by molar-refractivity contribution is 6.36. The Morgan fingerprint density at radius 2 is 2.08 bits per heavy atom. The molecule has 0 unspecified atom stereocenters. The molecule has 1 saturated heterocycles. The summed E-state index contributed by atoms with van der Waals surface area (Å²) in [6.45, 7) is 0.0890. The summed E-state index contributed by atoms with van der Waals surface area (Å²) in [4.78, 5) is 12.1. The van der Waals surface area contributed by atoms with Crippen LogP contribution in [0, 0.1) is 5.92 Å². The number of fused-ring (bicyclic) bond motifs is 1. The van der Waals surface area contributed by atoms with E-state index < -0.39 is 11.8 Å². The number of carbonyl (C=O) groups excluding carboxylic acids is 1. The summed E-state index contributed by atoms with van der Waals surface area (Å²) in [6, 6.07) is 4.62. The summed E-state index contributed by atoms with van der Waals surface area (Å²) in [7, 11) is 0.